The molecule has 10 heteroatoms. The molecule has 68 heavy (non-hydrogen) atoms. The summed E-state index contributed by atoms with van der Waals surface area (Å²) in [6.07, 6.45) is 37.8. The van der Waals surface area contributed by atoms with Crippen LogP contribution in [0.15, 0.2) is 0 Å². The predicted octanol–water partition coefficient (Wildman–Crippen LogP) is 17.6. The van der Waals surface area contributed by atoms with Crippen LogP contribution >= 0.6 is 11.6 Å². The number of rotatable bonds is 45. The van der Waals surface area contributed by atoms with Gasteiger partial charge in [0.2, 0.25) is 0 Å². The number of amides is 1. The molecule has 0 aromatic heterocycles. The third kappa shape index (κ3) is 33.5. The highest BCUT2D eigenvalue weighted by Gasteiger charge is 2.37. The molecule has 0 radical (unpaired) electrons. The van der Waals surface area contributed by atoms with Crippen molar-refractivity contribution >= 4 is 37.2 Å². The summed E-state index contributed by atoms with van der Waals surface area (Å²) in [5, 5.41) is -0.0713. The van der Waals surface area contributed by atoms with Crippen LogP contribution in [0.3, 0.4) is 0 Å². The summed E-state index contributed by atoms with van der Waals surface area (Å²) in [4.78, 5) is 42.9. The zero-order valence-electron chi connectivity index (χ0n) is 46.5. The van der Waals surface area contributed by atoms with Gasteiger partial charge in [-0.15, -0.1) is 0 Å². The molecule has 0 aromatic carbocycles. The number of unbranched alkanes of at least 4 members (excludes halogenated alkanes) is 18. The molecule has 0 spiro atoms. The van der Waals surface area contributed by atoms with Gasteiger partial charge in [-0.1, -0.05) is 190 Å². The van der Waals surface area contributed by atoms with E-state index in [9.17, 15) is 14.4 Å². The second-order valence-corrected chi connectivity index (χ2v) is 28.0. The number of carbonyl (C=O) groups is 3. The Morgan fingerprint density at radius 3 is 1.37 bits per heavy atom. The molecule has 1 fully saturated rings. The third-order valence-corrected chi connectivity index (χ3v) is 20.4. The molecule has 8 nitrogen and oxygen atoms in total. The number of hydrogen-bond donors (Lipinski definition) is 0. The summed E-state index contributed by atoms with van der Waals surface area (Å²) >= 11 is 6.46. The molecule has 2 atom stereocenters. The summed E-state index contributed by atoms with van der Waals surface area (Å²) in [6.45, 7) is 26.4. The van der Waals surface area contributed by atoms with Gasteiger partial charge in [-0.2, -0.15) is 0 Å². The quantitative estimate of drug-likeness (QED) is 0.0197. The summed E-state index contributed by atoms with van der Waals surface area (Å²) in [5.74, 6) is 1.45. The maximum Gasteiger partial charge on any atom is 0.316 e. The molecule has 1 saturated heterocycles. The number of ether oxygens (including phenoxy) is 2. The summed E-state index contributed by atoms with van der Waals surface area (Å²) in [5.41, 5.74) is 0. The van der Waals surface area contributed by atoms with E-state index in [0.717, 1.165) is 136 Å². The van der Waals surface area contributed by atoms with Crippen LogP contribution < -0.4 is 0 Å². The molecule has 0 saturated carbocycles. The van der Waals surface area contributed by atoms with Crippen LogP contribution in [0.1, 0.15) is 267 Å². The van der Waals surface area contributed by atoms with Gasteiger partial charge in [0.15, 0.2) is 8.32 Å². The lowest BCUT2D eigenvalue weighted by Crippen LogP contribution is -2.45. The predicted molar refractivity (Wildman–Crippen MR) is 293 cm³/mol. The number of esters is 2. The van der Waals surface area contributed by atoms with Crippen LogP contribution in [0.4, 0.5) is 4.79 Å². The number of halogens is 1. The number of hydrogen-bond acceptors (Lipinski definition) is 7. The summed E-state index contributed by atoms with van der Waals surface area (Å²) in [7, 11) is -1.75. The van der Waals surface area contributed by atoms with Crippen molar-refractivity contribution in [3.63, 3.8) is 0 Å². The molecule has 1 aliphatic heterocycles. The molecular formula is C58H113ClN2O6Si. The van der Waals surface area contributed by atoms with E-state index in [1.54, 1.807) is 0 Å². The van der Waals surface area contributed by atoms with Crippen LogP contribution in [0.25, 0.3) is 0 Å². The van der Waals surface area contributed by atoms with Crippen molar-refractivity contribution in [1.29, 1.82) is 0 Å². The van der Waals surface area contributed by atoms with Gasteiger partial charge in [-0.25, -0.2) is 0 Å². The maximum absolute atomic E-state index is 13.2. The monoisotopic (exact) mass is 997 g/mol. The lowest BCUT2D eigenvalue weighted by molar-refractivity contribution is -0.146. The van der Waals surface area contributed by atoms with Crippen molar-refractivity contribution in [2.45, 2.75) is 291 Å². The zero-order valence-corrected chi connectivity index (χ0v) is 48.3. The van der Waals surface area contributed by atoms with Crippen molar-refractivity contribution in [2.75, 3.05) is 46.0 Å². The smallest absolute Gasteiger partial charge is 0.316 e. The fourth-order valence-electron chi connectivity index (χ4n) is 9.74. The minimum atomic E-state index is -1.75. The highest BCUT2D eigenvalue weighted by molar-refractivity contribution is 6.74. The molecule has 0 bridgehead atoms. The summed E-state index contributed by atoms with van der Waals surface area (Å²) in [6, 6.07) is 0.168. The molecule has 0 aromatic rings. The van der Waals surface area contributed by atoms with Crippen molar-refractivity contribution < 1.29 is 28.3 Å². The first-order chi connectivity index (χ1) is 32.7. The Balaban J connectivity index is 2.60. The van der Waals surface area contributed by atoms with E-state index in [-0.39, 0.29) is 28.4 Å². The zero-order chi connectivity index (χ0) is 50.3. The first kappa shape index (κ1) is 64.9. The number of piperidine rings is 1. The Kier molecular flexibility index (Phi) is 39.4. The second kappa shape index (κ2) is 41.3. The first-order valence-corrected chi connectivity index (χ1v) is 32.6. The molecule has 1 amide bonds. The van der Waals surface area contributed by atoms with Gasteiger partial charge in [0, 0.05) is 38.6 Å². The van der Waals surface area contributed by atoms with Crippen molar-refractivity contribution in [3.05, 3.63) is 0 Å². The van der Waals surface area contributed by atoms with Gasteiger partial charge in [0.05, 0.1) is 13.2 Å². The van der Waals surface area contributed by atoms with Crippen molar-refractivity contribution in [1.82, 2.24) is 9.80 Å². The van der Waals surface area contributed by atoms with E-state index in [1.807, 2.05) is 4.90 Å². The SMILES string of the molecule is CCCCCCC(CCCC)COC(=O)CCCCCCCCC(CCCCCCCCC(=O)OCC(CCCC)CCCCCC)N(CC1CCN(CCO[Si](C)(C)C(C)(C)C)CC1)C(=O)Cl. The Hall–Kier alpha value is -1.16. The minimum absolute atomic E-state index is 0.0235. The molecule has 2 unspecified atom stereocenters. The Morgan fingerprint density at radius 1 is 0.574 bits per heavy atom. The third-order valence-electron chi connectivity index (χ3n) is 15.7. The Bertz CT molecular complexity index is 1170. The van der Waals surface area contributed by atoms with Crippen LogP contribution in [0, 0.1) is 17.8 Å². The van der Waals surface area contributed by atoms with E-state index in [1.165, 1.54) is 103 Å². The van der Waals surface area contributed by atoms with Gasteiger partial charge in [-0.05, 0) is 125 Å². The fraction of sp³-hybridized carbons (Fsp3) is 0.948. The van der Waals surface area contributed by atoms with Gasteiger partial charge >= 0.3 is 17.3 Å². The molecule has 0 N–H and O–H groups in total. The number of nitrogens with zero attached hydrogens (tertiary/aromatic N) is 2. The highest BCUT2D eigenvalue weighted by Crippen LogP contribution is 2.36. The maximum atomic E-state index is 13.2. The summed E-state index contributed by atoms with van der Waals surface area (Å²) < 4.78 is 18.0. The van der Waals surface area contributed by atoms with Gasteiger partial charge in [-0.3, -0.25) is 14.4 Å². The Morgan fingerprint density at radius 2 is 0.956 bits per heavy atom. The minimum Gasteiger partial charge on any atom is -0.465 e. The largest absolute Gasteiger partial charge is 0.465 e. The fourth-order valence-corrected chi connectivity index (χ4v) is 11.0. The molecule has 1 rings (SSSR count). The lowest BCUT2D eigenvalue weighted by atomic mass is 9.93. The molecule has 1 heterocycles. The average molecular weight is 998 g/mol. The topological polar surface area (TPSA) is 85.4 Å². The van der Waals surface area contributed by atoms with Crippen LogP contribution in [-0.4, -0.2) is 87.5 Å². The normalized spacial score (nSPS) is 15.3. The molecule has 402 valence electrons. The average Bonchev–Trinajstić information content (AvgIpc) is 3.30. The number of carbonyl (C=O) groups excluding carboxylic acids is 3. The van der Waals surface area contributed by atoms with Gasteiger partial charge in [0.25, 0.3) is 0 Å². The van der Waals surface area contributed by atoms with Gasteiger partial charge in [0.1, 0.15) is 0 Å². The van der Waals surface area contributed by atoms with Crippen molar-refractivity contribution in [2.24, 2.45) is 17.8 Å². The lowest BCUT2D eigenvalue weighted by Gasteiger charge is -2.39. The second-order valence-electron chi connectivity index (χ2n) is 22.9. The Labute approximate surface area is 428 Å². The van der Waals surface area contributed by atoms with E-state index in [4.69, 9.17) is 25.5 Å². The standard InChI is InChI=1S/C58H113ClN2O6Si/c1-10-14-18-28-36-52(34-16-12-3)49-65-55(62)40-32-26-22-20-24-30-38-54(61(57(59)64)48-51-42-44-60(45-43-51)46-47-67-68(8,9)58(5,6)7)39-31-25-21-23-27-33-41-56(63)66-50-53(35-17-13-4)37-29-19-15-11-2/h51-54H,10-50H2,1-9H3. The highest BCUT2D eigenvalue weighted by atomic mass is 35.5. The number of likely N-dealkylation sites (tertiary alicyclic amines) is 1. The molecule has 0 aliphatic carbocycles. The molecular weight excluding hydrogens is 884 g/mol. The van der Waals surface area contributed by atoms with E-state index in [2.05, 4.69) is 66.5 Å². The van der Waals surface area contributed by atoms with E-state index < -0.39 is 8.32 Å². The van der Waals surface area contributed by atoms with Gasteiger partial charge < -0.3 is 23.7 Å². The molecule has 1 aliphatic rings. The first-order valence-electron chi connectivity index (χ1n) is 29.3. The van der Waals surface area contributed by atoms with Crippen molar-refractivity contribution in [3.8, 4) is 0 Å². The van der Waals surface area contributed by atoms with E-state index >= 15 is 0 Å². The van der Waals surface area contributed by atoms with Crippen LogP contribution in [-0.2, 0) is 23.5 Å². The van der Waals surface area contributed by atoms with E-state index in [0.29, 0.717) is 43.8 Å². The van der Waals surface area contributed by atoms with Crippen LogP contribution in [0.2, 0.25) is 18.1 Å². The van der Waals surface area contributed by atoms with Crippen LogP contribution in [0.5, 0.6) is 0 Å².